The Morgan fingerprint density at radius 2 is 2.43 bits per heavy atom. The molecule has 0 saturated carbocycles. The minimum absolute atomic E-state index is 0.0319. The number of hydrogen-bond donors (Lipinski definition) is 3. The number of amides is 1. The van der Waals surface area contributed by atoms with Crippen LogP contribution in [0.1, 0.15) is 5.56 Å². The summed E-state index contributed by atoms with van der Waals surface area (Å²) in [6, 6.07) is 0. The number of anilines is 1. The van der Waals surface area contributed by atoms with Crippen LogP contribution in [0.25, 0.3) is 0 Å². The number of H-pyrrole nitrogens is 1. The van der Waals surface area contributed by atoms with E-state index in [4.69, 9.17) is 5.73 Å². The molecule has 78 valence electrons. The van der Waals surface area contributed by atoms with Crippen LogP contribution in [0.5, 0.6) is 0 Å². The summed E-state index contributed by atoms with van der Waals surface area (Å²) in [5.74, 6) is 0.464. The molecular weight excluding hydrogens is 182 g/mol. The van der Waals surface area contributed by atoms with E-state index in [0.717, 1.165) is 5.56 Å². The van der Waals surface area contributed by atoms with Crippen LogP contribution < -0.4 is 11.1 Å². The summed E-state index contributed by atoms with van der Waals surface area (Å²) >= 11 is 0. The summed E-state index contributed by atoms with van der Waals surface area (Å²) in [5, 5.41) is 9.08. The van der Waals surface area contributed by atoms with E-state index in [1.54, 1.807) is 11.1 Å². The van der Waals surface area contributed by atoms with Gasteiger partial charge in [0.05, 0.1) is 12.7 Å². The van der Waals surface area contributed by atoms with Crippen LogP contribution in [-0.2, 0) is 11.3 Å². The number of nitrogens with two attached hydrogens (primary N) is 1. The topological polar surface area (TPSA) is 87.0 Å². The first-order chi connectivity index (χ1) is 6.59. The Morgan fingerprint density at radius 1 is 1.71 bits per heavy atom. The number of hydrogen-bond acceptors (Lipinski definition) is 4. The number of aromatic amines is 1. The van der Waals surface area contributed by atoms with Crippen molar-refractivity contribution in [3.05, 3.63) is 11.8 Å². The maximum absolute atomic E-state index is 11.2. The summed E-state index contributed by atoms with van der Waals surface area (Å²) in [4.78, 5) is 13.0. The van der Waals surface area contributed by atoms with Gasteiger partial charge >= 0.3 is 0 Å². The van der Waals surface area contributed by atoms with Crippen LogP contribution in [0.3, 0.4) is 0 Å². The van der Waals surface area contributed by atoms with Gasteiger partial charge in [-0.05, 0) is 14.1 Å². The summed E-state index contributed by atoms with van der Waals surface area (Å²) in [7, 11) is 3.68. The van der Waals surface area contributed by atoms with E-state index in [-0.39, 0.29) is 5.91 Å². The van der Waals surface area contributed by atoms with E-state index < -0.39 is 0 Å². The van der Waals surface area contributed by atoms with Crippen molar-refractivity contribution in [2.45, 2.75) is 6.54 Å². The van der Waals surface area contributed by atoms with Crippen molar-refractivity contribution in [1.29, 1.82) is 0 Å². The molecule has 1 aromatic rings. The van der Waals surface area contributed by atoms with Gasteiger partial charge in [-0.25, -0.2) is 0 Å². The predicted octanol–water partition coefficient (Wildman–Crippen LogP) is -0.830. The summed E-state index contributed by atoms with van der Waals surface area (Å²) in [6.45, 7) is 0.784. The molecule has 1 heterocycles. The second kappa shape index (κ2) is 4.61. The minimum Gasteiger partial charge on any atom is -0.384 e. The maximum Gasteiger partial charge on any atom is 0.234 e. The van der Waals surface area contributed by atoms with E-state index in [0.29, 0.717) is 18.9 Å². The van der Waals surface area contributed by atoms with Crippen molar-refractivity contribution in [2.24, 2.45) is 0 Å². The average molecular weight is 197 g/mol. The van der Waals surface area contributed by atoms with Gasteiger partial charge in [0.15, 0.2) is 0 Å². The quantitative estimate of drug-likeness (QED) is 0.588. The molecule has 1 rings (SSSR count). The Bertz CT molecular complexity index is 306. The highest BCUT2D eigenvalue weighted by Crippen LogP contribution is 2.04. The van der Waals surface area contributed by atoms with Gasteiger partial charge in [-0.2, -0.15) is 5.10 Å². The number of aromatic nitrogens is 2. The summed E-state index contributed by atoms with van der Waals surface area (Å²) in [5.41, 5.74) is 6.35. The first kappa shape index (κ1) is 10.5. The third kappa shape index (κ3) is 3.06. The number of nitrogen functional groups attached to an aromatic ring is 1. The highest BCUT2D eigenvalue weighted by molar-refractivity contribution is 5.78. The molecule has 0 atom stereocenters. The molecule has 14 heavy (non-hydrogen) atoms. The van der Waals surface area contributed by atoms with Crippen molar-refractivity contribution < 1.29 is 4.79 Å². The van der Waals surface area contributed by atoms with Gasteiger partial charge < -0.3 is 16.0 Å². The molecule has 1 amide bonds. The third-order valence-corrected chi connectivity index (χ3v) is 1.69. The Labute approximate surface area is 82.5 Å². The van der Waals surface area contributed by atoms with Crippen LogP contribution in [0.15, 0.2) is 6.20 Å². The fraction of sp³-hybridized carbons (Fsp3) is 0.500. The molecule has 1 aromatic heterocycles. The fourth-order valence-corrected chi connectivity index (χ4v) is 0.999. The molecule has 0 aliphatic rings. The van der Waals surface area contributed by atoms with Gasteiger partial charge in [-0.3, -0.25) is 9.89 Å². The number of nitrogens with one attached hydrogen (secondary N) is 2. The van der Waals surface area contributed by atoms with Gasteiger partial charge in [0.25, 0.3) is 0 Å². The SMILES string of the molecule is CN(C)CC(=O)NCc1cn[nH]c1N. The van der Waals surface area contributed by atoms with Crippen molar-refractivity contribution in [3.63, 3.8) is 0 Å². The number of nitrogens with zero attached hydrogens (tertiary/aromatic N) is 2. The van der Waals surface area contributed by atoms with E-state index in [1.807, 2.05) is 14.1 Å². The van der Waals surface area contributed by atoms with Gasteiger partial charge in [0.1, 0.15) is 5.82 Å². The zero-order chi connectivity index (χ0) is 10.6. The van der Waals surface area contributed by atoms with Crippen molar-refractivity contribution in [1.82, 2.24) is 20.4 Å². The highest BCUT2D eigenvalue weighted by atomic mass is 16.1. The second-order valence-corrected chi connectivity index (χ2v) is 3.32. The molecule has 0 bridgehead atoms. The van der Waals surface area contributed by atoms with Crippen LogP contribution >= 0.6 is 0 Å². The number of likely N-dealkylation sites (N-methyl/N-ethyl adjacent to an activating group) is 1. The molecule has 0 aliphatic carbocycles. The number of carbonyl (C=O) groups excluding carboxylic acids is 1. The predicted molar refractivity (Wildman–Crippen MR) is 53.4 cm³/mol. The molecule has 4 N–H and O–H groups in total. The van der Waals surface area contributed by atoms with Crippen LogP contribution in [-0.4, -0.2) is 41.6 Å². The average Bonchev–Trinajstić information content (AvgIpc) is 2.46. The largest absolute Gasteiger partial charge is 0.384 e. The zero-order valence-corrected chi connectivity index (χ0v) is 8.37. The van der Waals surface area contributed by atoms with Crippen LogP contribution in [0.4, 0.5) is 5.82 Å². The number of rotatable bonds is 4. The molecule has 0 radical (unpaired) electrons. The monoisotopic (exact) mass is 197 g/mol. The van der Waals surface area contributed by atoms with E-state index in [1.165, 1.54) is 0 Å². The van der Waals surface area contributed by atoms with Crippen molar-refractivity contribution in [3.8, 4) is 0 Å². The van der Waals surface area contributed by atoms with Crippen LogP contribution in [0.2, 0.25) is 0 Å². The van der Waals surface area contributed by atoms with Gasteiger partial charge in [0, 0.05) is 12.1 Å². The summed E-state index contributed by atoms with van der Waals surface area (Å²) < 4.78 is 0. The number of carbonyl (C=O) groups is 1. The minimum atomic E-state index is -0.0319. The lowest BCUT2D eigenvalue weighted by Crippen LogP contribution is -2.32. The third-order valence-electron chi connectivity index (χ3n) is 1.69. The first-order valence-electron chi connectivity index (χ1n) is 4.28. The lowest BCUT2D eigenvalue weighted by Gasteiger charge is -2.09. The standard InChI is InChI=1S/C8H15N5O/c1-13(2)5-7(14)10-3-6-4-11-12-8(6)9/h4H,3,5H2,1-2H3,(H,10,14)(H3,9,11,12). The summed E-state index contributed by atoms with van der Waals surface area (Å²) in [6.07, 6.45) is 1.60. The van der Waals surface area contributed by atoms with Gasteiger partial charge in [0.2, 0.25) is 5.91 Å². The van der Waals surface area contributed by atoms with Gasteiger partial charge in [-0.1, -0.05) is 0 Å². The Balaban J connectivity index is 2.34. The highest BCUT2D eigenvalue weighted by Gasteiger charge is 2.05. The molecular formula is C8H15N5O. The molecule has 0 unspecified atom stereocenters. The smallest absolute Gasteiger partial charge is 0.234 e. The molecule has 0 saturated heterocycles. The lowest BCUT2D eigenvalue weighted by molar-refractivity contribution is -0.121. The zero-order valence-electron chi connectivity index (χ0n) is 8.37. The Morgan fingerprint density at radius 3 is 2.93 bits per heavy atom. The van der Waals surface area contributed by atoms with Crippen LogP contribution in [0, 0.1) is 0 Å². The maximum atomic E-state index is 11.2. The lowest BCUT2D eigenvalue weighted by atomic mass is 10.3. The van der Waals surface area contributed by atoms with E-state index >= 15 is 0 Å². The first-order valence-corrected chi connectivity index (χ1v) is 4.28. The molecule has 0 aromatic carbocycles. The second-order valence-electron chi connectivity index (χ2n) is 3.32. The van der Waals surface area contributed by atoms with Crippen molar-refractivity contribution >= 4 is 11.7 Å². The molecule has 0 spiro atoms. The molecule has 0 aliphatic heterocycles. The van der Waals surface area contributed by atoms with E-state index in [9.17, 15) is 4.79 Å². The normalized spacial score (nSPS) is 10.5. The van der Waals surface area contributed by atoms with E-state index in [2.05, 4.69) is 15.5 Å². The fourth-order valence-electron chi connectivity index (χ4n) is 0.999. The molecule has 6 heteroatoms. The Hall–Kier alpha value is -1.56. The van der Waals surface area contributed by atoms with Gasteiger partial charge in [-0.15, -0.1) is 0 Å². The van der Waals surface area contributed by atoms with Crippen molar-refractivity contribution in [2.75, 3.05) is 26.4 Å². The molecule has 0 fully saturated rings. The Kier molecular flexibility index (Phi) is 3.47. The molecule has 6 nitrogen and oxygen atoms in total.